The molecule has 1 amide bonds. The molecule has 0 N–H and O–H groups in total. The van der Waals surface area contributed by atoms with Crippen LogP contribution >= 0.6 is 11.8 Å². The maximum Gasteiger partial charge on any atom is 0.243 e. The third-order valence-corrected chi connectivity index (χ3v) is 9.05. The summed E-state index contributed by atoms with van der Waals surface area (Å²) in [6.45, 7) is 7.70. The summed E-state index contributed by atoms with van der Waals surface area (Å²) in [5.41, 5.74) is 0.808. The minimum atomic E-state index is -3.44. The molecule has 32 heavy (non-hydrogen) atoms. The second kappa shape index (κ2) is 9.93. The van der Waals surface area contributed by atoms with Crippen LogP contribution < -0.4 is 0 Å². The summed E-state index contributed by atoms with van der Waals surface area (Å²) in [5.74, 6) is 1.72. The van der Waals surface area contributed by atoms with Gasteiger partial charge in [-0.3, -0.25) is 4.79 Å². The highest BCUT2D eigenvalue weighted by Gasteiger charge is 2.27. The maximum absolute atomic E-state index is 12.8. The summed E-state index contributed by atoms with van der Waals surface area (Å²) in [6.07, 6.45) is 4.08. The van der Waals surface area contributed by atoms with E-state index < -0.39 is 10.0 Å². The van der Waals surface area contributed by atoms with E-state index >= 15 is 0 Å². The van der Waals surface area contributed by atoms with Crippen molar-refractivity contribution < 1.29 is 13.2 Å². The fraction of sp³-hybridized carbons (Fsp3) is 0.591. The Morgan fingerprint density at radius 1 is 1.09 bits per heavy atom. The van der Waals surface area contributed by atoms with Gasteiger partial charge in [-0.05, 0) is 62.8 Å². The Bertz CT molecular complexity index is 1050. The lowest BCUT2D eigenvalue weighted by atomic mass is 10.0. The monoisotopic (exact) mass is 477 g/mol. The fourth-order valence-corrected chi connectivity index (χ4v) is 6.80. The van der Waals surface area contributed by atoms with Crippen LogP contribution in [0, 0.1) is 5.92 Å². The molecule has 2 saturated heterocycles. The minimum Gasteiger partial charge on any atom is -0.342 e. The molecule has 0 bridgehead atoms. The number of rotatable bonds is 7. The largest absolute Gasteiger partial charge is 0.342 e. The number of aromatic nitrogens is 3. The maximum atomic E-state index is 12.8. The van der Waals surface area contributed by atoms with E-state index in [0.29, 0.717) is 47.2 Å². The lowest BCUT2D eigenvalue weighted by molar-refractivity contribution is -0.130. The zero-order valence-corrected chi connectivity index (χ0v) is 20.4. The van der Waals surface area contributed by atoms with E-state index in [1.165, 1.54) is 18.2 Å². The lowest BCUT2D eigenvalue weighted by Gasteiger charge is -2.30. The highest BCUT2D eigenvalue weighted by molar-refractivity contribution is 7.99. The Hall–Kier alpha value is -1.91. The van der Waals surface area contributed by atoms with Gasteiger partial charge in [-0.15, -0.1) is 10.2 Å². The molecule has 1 atom stereocenters. The van der Waals surface area contributed by atoms with Crippen molar-refractivity contribution in [3.8, 4) is 11.4 Å². The number of likely N-dealkylation sites (tertiary alicyclic amines) is 1. The first kappa shape index (κ1) is 23.3. The Morgan fingerprint density at radius 3 is 2.47 bits per heavy atom. The number of carbonyl (C=O) groups excluding carboxylic acids is 1. The number of hydrogen-bond donors (Lipinski definition) is 0. The second-order valence-electron chi connectivity index (χ2n) is 8.56. The molecule has 2 aromatic rings. The van der Waals surface area contributed by atoms with Crippen LogP contribution in [0.25, 0.3) is 11.4 Å². The number of nitrogens with zero attached hydrogens (tertiary/aromatic N) is 5. The fourth-order valence-electron chi connectivity index (χ4n) is 4.38. The quantitative estimate of drug-likeness (QED) is 0.570. The molecule has 174 valence electrons. The van der Waals surface area contributed by atoms with E-state index in [1.54, 1.807) is 28.6 Å². The predicted octanol–water partition coefficient (Wildman–Crippen LogP) is 3.10. The van der Waals surface area contributed by atoms with Crippen molar-refractivity contribution in [2.75, 3.05) is 31.9 Å². The number of amides is 1. The highest BCUT2D eigenvalue weighted by atomic mass is 32.2. The molecule has 0 radical (unpaired) electrons. The van der Waals surface area contributed by atoms with Gasteiger partial charge in [0.25, 0.3) is 0 Å². The first-order valence-corrected chi connectivity index (χ1v) is 13.8. The van der Waals surface area contributed by atoms with Crippen LogP contribution in [0.1, 0.15) is 39.5 Å². The number of piperidine rings is 1. The van der Waals surface area contributed by atoms with Crippen LogP contribution in [0.2, 0.25) is 0 Å². The molecule has 0 aliphatic carbocycles. The lowest BCUT2D eigenvalue weighted by Crippen LogP contribution is -2.40. The highest BCUT2D eigenvalue weighted by Crippen LogP contribution is 2.27. The molecule has 3 heterocycles. The standard InChI is InChI=1S/C22H31N5O3S2/c1-3-27-21(18-8-10-19(11-9-18)32(29,30)26-13-4-5-14-26)23-24-22(27)31-16-20(28)25-12-6-7-17(2)15-25/h8-11,17H,3-7,12-16H2,1-2H3/t17-/m1/s1. The van der Waals surface area contributed by atoms with Gasteiger partial charge in [0.2, 0.25) is 15.9 Å². The molecule has 10 heteroatoms. The Morgan fingerprint density at radius 2 is 1.81 bits per heavy atom. The summed E-state index contributed by atoms with van der Waals surface area (Å²) in [7, 11) is -3.44. The van der Waals surface area contributed by atoms with Crippen molar-refractivity contribution in [2.45, 2.75) is 56.1 Å². The molecular formula is C22H31N5O3S2. The summed E-state index contributed by atoms with van der Waals surface area (Å²) < 4.78 is 29.0. The molecule has 0 saturated carbocycles. The van der Waals surface area contributed by atoms with Gasteiger partial charge < -0.3 is 9.47 Å². The van der Waals surface area contributed by atoms with Crippen molar-refractivity contribution in [1.82, 2.24) is 24.0 Å². The first-order valence-electron chi connectivity index (χ1n) is 11.3. The summed E-state index contributed by atoms with van der Waals surface area (Å²) in [6, 6.07) is 6.86. The van der Waals surface area contributed by atoms with E-state index in [4.69, 9.17) is 0 Å². The number of hydrogen-bond acceptors (Lipinski definition) is 6. The van der Waals surface area contributed by atoms with Gasteiger partial charge in [-0.1, -0.05) is 18.7 Å². The van der Waals surface area contributed by atoms with E-state index in [0.717, 1.165) is 37.9 Å². The number of sulfonamides is 1. The smallest absolute Gasteiger partial charge is 0.243 e. The van der Waals surface area contributed by atoms with Crippen LogP contribution in [-0.4, -0.2) is 70.2 Å². The van der Waals surface area contributed by atoms with Crippen molar-refractivity contribution in [1.29, 1.82) is 0 Å². The molecule has 8 nitrogen and oxygen atoms in total. The van der Waals surface area contributed by atoms with Crippen LogP contribution in [0.4, 0.5) is 0 Å². The SMILES string of the molecule is CCn1c(SCC(=O)N2CCC[C@@H](C)C2)nnc1-c1ccc(S(=O)(=O)N2CCCC2)cc1. The normalized spacial score (nSPS) is 20.1. The van der Waals surface area contributed by atoms with Crippen molar-refractivity contribution >= 4 is 27.7 Å². The average molecular weight is 478 g/mol. The molecular weight excluding hydrogens is 446 g/mol. The van der Waals surface area contributed by atoms with Crippen LogP contribution in [0.15, 0.2) is 34.3 Å². The zero-order valence-electron chi connectivity index (χ0n) is 18.7. The topological polar surface area (TPSA) is 88.4 Å². The number of benzene rings is 1. The van der Waals surface area contributed by atoms with Crippen LogP contribution in [-0.2, 0) is 21.4 Å². The van der Waals surface area contributed by atoms with E-state index in [1.807, 2.05) is 16.4 Å². The molecule has 0 spiro atoms. The average Bonchev–Trinajstić information content (AvgIpc) is 3.48. The zero-order chi connectivity index (χ0) is 22.7. The molecule has 2 aliphatic heterocycles. The van der Waals surface area contributed by atoms with Gasteiger partial charge in [0.05, 0.1) is 10.6 Å². The Balaban J connectivity index is 1.46. The third kappa shape index (κ3) is 4.87. The molecule has 0 unspecified atom stereocenters. The second-order valence-corrected chi connectivity index (χ2v) is 11.4. The number of carbonyl (C=O) groups is 1. The van der Waals surface area contributed by atoms with Crippen LogP contribution in [0.5, 0.6) is 0 Å². The minimum absolute atomic E-state index is 0.144. The van der Waals surface area contributed by atoms with Gasteiger partial charge in [-0.25, -0.2) is 8.42 Å². The van der Waals surface area contributed by atoms with Crippen molar-refractivity contribution in [3.63, 3.8) is 0 Å². The molecule has 2 fully saturated rings. The predicted molar refractivity (Wildman–Crippen MR) is 125 cm³/mol. The Labute approximate surface area is 194 Å². The first-order chi connectivity index (χ1) is 15.4. The molecule has 2 aliphatic rings. The van der Waals surface area contributed by atoms with E-state index in [9.17, 15) is 13.2 Å². The van der Waals surface area contributed by atoms with E-state index in [2.05, 4.69) is 17.1 Å². The molecule has 1 aromatic carbocycles. The summed E-state index contributed by atoms with van der Waals surface area (Å²) in [4.78, 5) is 14.9. The Kier molecular flexibility index (Phi) is 7.21. The van der Waals surface area contributed by atoms with Gasteiger partial charge >= 0.3 is 0 Å². The van der Waals surface area contributed by atoms with Gasteiger partial charge in [0, 0.05) is 38.3 Å². The molecule has 1 aromatic heterocycles. The van der Waals surface area contributed by atoms with Gasteiger partial charge in [0.1, 0.15) is 0 Å². The molecule has 4 rings (SSSR count). The van der Waals surface area contributed by atoms with Crippen molar-refractivity contribution in [2.24, 2.45) is 5.92 Å². The van der Waals surface area contributed by atoms with E-state index in [-0.39, 0.29) is 5.91 Å². The number of thioether (sulfide) groups is 1. The van der Waals surface area contributed by atoms with Crippen LogP contribution in [0.3, 0.4) is 0 Å². The summed E-state index contributed by atoms with van der Waals surface area (Å²) in [5, 5.41) is 9.35. The van der Waals surface area contributed by atoms with Gasteiger partial charge in [-0.2, -0.15) is 4.31 Å². The summed E-state index contributed by atoms with van der Waals surface area (Å²) >= 11 is 1.41. The van der Waals surface area contributed by atoms with Gasteiger partial charge in [0.15, 0.2) is 11.0 Å². The van der Waals surface area contributed by atoms with Crippen molar-refractivity contribution in [3.05, 3.63) is 24.3 Å². The third-order valence-electron chi connectivity index (χ3n) is 6.18.